The molecule has 0 unspecified atom stereocenters. The Morgan fingerprint density at radius 2 is 1.80 bits per heavy atom. The Kier molecular flexibility index (Phi) is 3.85. The van der Waals surface area contributed by atoms with Gasteiger partial charge in [0.1, 0.15) is 10.7 Å². The molecule has 0 aliphatic carbocycles. The first kappa shape index (κ1) is 14.6. The van der Waals surface area contributed by atoms with Gasteiger partial charge in [-0.15, -0.1) is 0 Å². The number of rotatable bonds is 3. The fourth-order valence-electron chi connectivity index (χ4n) is 1.62. The lowest BCUT2D eigenvalue weighted by Gasteiger charge is -2.12. The predicted octanol–water partition coefficient (Wildman–Crippen LogP) is 2.45. The average Bonchev–Trinajstić information content (AvgIpc) is 2.34. The van der Waals surface area contributed by atoms with Crippen LogP contribution in [0, 0.1) is 5.82 Å². The Bertz CT molecular complexity index is 765. The third-order valence-corrected chi connectivity index (χ3v) is 3.79. The number of primary sulfonamides is 1. The highest BCUT2D eigenvalue weighted by Crippen LogP contribution is 2.30. The normalized spacial score (nSPS) is 11.3. The first-order valence-corrected chi connectivity index (χ1v) is 7.34. The number of hydrogen-bond donors (Lipinski definition) is 3. The Labute approximate surface area is 120 Å². The summed E-state index contributed by atoms with van der Waals surface area (Å²) in [6.45, 7) is 0. The van der Waals surface area contributed by atoms with Crippen LogP contribution < -0.4 is 16.2 Å². The van der Waals surface area contributed by atoms with Crippen LogP contribution in [0.15, 0.2) is 41.3 Å². The van der Waals surface area contributed by atoms with Crippen LogP contribution in [0.3, 0.4) is 0 Å². The SMILES string of the molecule is Nc1ccc(Nc2cc(F)ccc2Cl)c(S(N)(=O)=O)c1. The van der Waals surface area contributed by atoms with Gasteiger partial charge in [-0.05, 0) is 36.4 Å². The number of nitrogens with one attached hydrogen (secondary N) is 1. The maximum atomic E-state index is 13.2. The molecular formula is C12H11ClFN3O2S. The van der Waals surface area contributed by atoms with Crippen molar-refractivity contribution in [1.82, 2.24) is 0 Å². The van der Waals surface area contributed by atoms with E-state index in [0.717, 1.165) is 6.07 Å². The van der Waals surface area contributed by atoms with Crippen molar-refractivity contribution in [2.45, 2.75) is 4.90 Å². The molecule has 5 nitrogen and oxygen atoms in total. The first-order valence-electron chi connectivity index (χ1n) is 5.42. The summed E-state index contributed by atoms with van der Waals surface area (Å²) in [6.07, 6.45) is 0. The molecule has 0 aliphatic heterocycles. The van der Waals surface area contributed by atoms with E-state index >= 15 is 0 Å². The third kappa shape index (κ3) is 3.19. The van der Waals surface area contributed by atoms with Crippen molar-refractivity contribution in [3.8, 4) is 0 Å². The molecule has 20 heavy (non-hydrogen) atoms. The Balaban J connectivity index is 2.52. The van der Waals surface area contributed by atoms with E-state index in [9.17, 15) is 12.8 Å². The fraction of sp³-hybridized carbons (Fsp3) is 0. The molecule has 0 atom stereocenters. The minimum absolute atomic E-state index is 0.161. The highest BCUT2D eigenvalue weighted by molar-refractivity contribution is 7.89. The summed E-state index contributed by atoms with van der Waals surface area (Å²) in [7, 11) is -3.98. The van der Waals surface area contributed by atoms with E-state index in [1.165, 1.54) is 30.3 Å². The van der Waals surface area contributed by atoms with Crippen LogP contribution in [0.4, 0.5) is 21.5 Å². The van der Waals surface area contributed by atoms with Crippen LogP contribution in [0.25, 0.3) is 0 Å². The van der Waals surface area contributed by atoms with Crippen molar-refractivity contribution in [2.24, 2.45) is 5.14 Å². The van der Waals surface area contributed by atoms with Crippen molar-refractivity contribution in [3.63, 3.8) is 0 Å². The quantitative estimate of drug-likeness (QED) is 0.758. The summed E-state index contributed by atoms with van der Waals surface area (Å²) in [4.78, 5) is -0.196. The largest absolute Gasteiger partial charge is 0.399 e. The second kappa shape index (κ2) is 5.28. The van der Waals surface area contributed by atoms with Gasteiger partial charge in [-0.25, -0.2) is 17.9 Å². The molecular weight excluding hydrogens is 305 g/mol. The van der Waals surface area contributed by atoms with Crippen LogP contribution >= 0.6 is 11.6 Å². The predicted molar refractivity (Wildman–Crippen MR) is 76.9 cm³/mol. The van der Waals surface area contributed by atoms with Gasteiger partial charge < -0.3 is 11.1 Å². The van der Waals surface area contributed by atoms with E-state index in [-0.39, 0.29) is 27.0 Å². The summed E-state index contributed by atoms with van der Waals surface area (Å²) < 4.78 is 36.2. The van der Waals surface area contributed by atoms with Crippen LogP contribution in [0.1, 0.15) is 0 Å². The number of benzene rings is 2. The molecule has 2 rings (SSSR count). The number of anilines is 3. The minimum Gasteiger partial charge on any atom is -0.399 e. The van der Waals surface area contributed by atoms with Gasteiger partial charge >= 0.3 is 0 Å². The standard InChI is InChI=1S/C12H11ClFN3O2S/c13-9-3-1-7(14)5-11(9)17-10-4-2-8(15)6-12(10)20(16,18)19/h1-6,17H,15H2,(H2,16,18,19). The summed E-state index contributed by atoms with van der Waals surface area (Å²) in [5, 5.41) is 8.09. The maximum Gasteiger partial charge on any atom is 0.240 e. The molecule has 0 fully saturated rings. The van der Waals surface area contributed by atoms with Gasteiger partial charge in [0.15, 0.2) is 0 Å². The number of nitrogen functional groups attached to an aromatic ring is 1. The number of halogens is 2. The monoisotopic (exact) mass is 315 g/mol. The van der Waals surface area contributed by atoms with E-state index in [4.69, 9.17) is 22.5 Å². The molecule has 2 aromatic rings. The van der Waals surface area contributed by atoms with Crippen molar-refractivity contribution >= 4 is 38.7 Å². The Hall–Kier alpha value is -1.83. The zero-order valence-corrected chi connectivity index (χ0v) is 11.7. The molecule has 0 amide bonds. The molecule has 0 radical (unpaired) electrons. The second-order valence-corrected chi connectivity index (χ2v) is 5.99. The molecule has 0 aromatic heterocycles. The molecule has 0 spiro atoms. The van der Waals surface area contributed by atoms with Gasteiger partial charge in [0.25, 0.3) is 0 Å². The molecule has 0 saturated heterocycles. The van der Waals surface area contributed by atoms with Crippen molar-refractivity contribution in [1.29, 1.82) is 0 Å². The lowest BCUT2D eigenvalue weighted by Crippen LogP contribution is -2.14. The van der Waals surface area contributed by atoms with Crippen LogP contribution in [-0.2, 0) is 10.0 Å². The summed E-state index contributed by atoms with van der Waals surface area (Å²) in [5.74, 6) is -0.510. The van der Waals surface area contributed by atoms with E-state index < -0.39 is 15.8 Å². The number of hydrogen-bond acceptors (Lipinski definition) is 4. The highest BCUT2D eigenvalue weighted by Gasteiger charge is 2.15. The first-order chi connectivity index (χ1) is 9.27. The van der Waals surface area contributed by atoms with Crippen LogP contribution in [0.2, 0.25) is 5.02 Å². The average molecular weight is 316 g/mol. The van der Waals surface area contributed by atoms with E-state index in [1.807, 2.05) is 0 Å². The third-order valence-electron chi connectivity index (χ3n) is 2.51. The van der Waals surface area contributed by atoms with Gasteiger partial charge in [-0.2, -0.15) is 0 Å². The van der Waals surface area contributed by atoms with Gasteiger partial charge in [0.05, 0.1) is 16.4 Å². The van der Waals surface area contributed by atoms with E-state index in [2.05, 4.69) is 5.32 Å². The highest BCUT2D eigenvalue weighted by atomic mass is 35.5. The van der Waals surface area contributed by atoms with E-state index in [0.29, 0.717) is 0 Å². The zero-order chi connectivity index (χ0) is 14.9. The molecule has 8 heteroatoms. The lowest BCUT2D eigenvalue weighted by molar-refractivity contribution is 0.598. The zero-order valence-electron chi connectivity index (χ0n) is 10.1. The second-order valence-electron chi connectivity index (χ2n) is 4.05. The fourth-order valence-corrected chi connectivity index (χ4v) is 2.51. The smallest absolute Gasteiger partial charge is 0.240 e. The molecule has 0 saturated carbocycles. The molecule has 0 heterocycles. The summed E-state index contributed by atoms with van der Waals surface area (Å²) in [5.41, 5.74) is 6.16. The molecule has 106 valence electrons. The van der Waals surface area contributed by atoms with Gasteiger partial charge in [-0.3, -0.25) is 0 Å². The molecule has 2 aromatic carbocycles. The molecule has 5 N–H and O–H groups in total. The van der Waals surface area contributed by atoms with Gasteiger partial charge in [0.2, 0.25) is 10.0 Å². The van der Waals surface area contributed by atoms with Crippen molar-refractivity contribution < 1.29 is 12.8 Å². The van der Waals surface area contributed by atoms with Crippen LogP contribution in [0.5, 0.6) is 0 Å². The lowest BCUT2D eigenvalue weighted by atomic mass is 10.2. The topological polar surface area (TPSA) is 98.2 Å². The van der Waals surface area contributed by atoms with Gasteiger partial charge in [-0.1, -0.05) is 11.6 Å². The Morgan fingerprint density at radius 3 is 2.45 bits per heavy atom. The Morgan fingerprint density at radius 1 is 1.10 bits per heavy atom. The number of sulfonamides is 1. The van der Waals surface area contributed by atoms with Crippen molar-refractivity contribution in [3.05, 3.63) is 47.2 Å². The number of nitrogens with two attached hydrogens (primary N) is 2. The minimum atomic E-state index is -3.98. The summed E-state index contributed by atoms with van der Waals surface area (Å²) >= 11 is 5.91. The molecule has 0 aliphatic rings. The van der Waals surface area contributed by atoms with Crippen molar-refractivity contribution in [2.75, 3.05) is 11.1 Å². The van der Waals surface area contributed by atoms with Gasteiger partial charge in [0, 0.05) is 5.69 Å². The van der Waals surface area contributed by atoms with Crippen LogP contribution in [-0.4, -0.2) is 8.42 Å². The van der Waals surface area contributed by atoms with E-state index in [1.54, 1.807) is 0 Å². The summed E-state index contributed by atoms with van der Waals surface area (Å²) in [6, 6.07) is 7.82. The maximum absolute atomic E-state index is 13.2. The molecule has 0 bridgehead atoms.